The molecule has 0 radical (unpaired) electrons. The van der Waals surface area contributed by atoms with Crippen molar-refractivity contribution in [3.8, 4) is 0 Å². The lowest BCUT2D eigenvalue weighted by Crippen LogP contribution is -2.26. The second kappa shape index (κ2) is 5.71. The van der Waals surface area contributed by atoms with Gasteiger partial charge in [0, 0.05) is 24.2 Å². The van der Waals surface area contributed by atoms with E-state index in [0.717, 1.165) is 16.4 Å². The van der Waals surface area contributed by atoms with Crippen LogP contribution in [0.25, 0.3) is 0 Å². The Morgan fingerprint density at radius 2 is 1.76 bits per heavy atom. The van der Waals surface area contributed by atoms with Gasteiger partial charge in [0.1, 0.15) is 0 Å². The van der Waals surface area contributed by atoms with Gasteiger partial charge in [-0.2, -0.15) is 0 Å². The van der Waals surface area contributed by atoms with Crippen molar-refractivity contribution in [2.24, 2.45) is 0 Å². The molecule has 0 atom stereocenters. The number of benzene rings is 2. The fraction of sp³-hybridized carbons (Fsp3) is 0.0769. The van der Waals surface area contributed by atoms with Crippen molar-refractivity contribution in [1.29, 1.82) is 0 Å². The Morgan fingerprint density at radius 1 is 1.14 bits per heavy atom. The quantitative estimate of drug-likeness (QED) is 0.638. The van der Waals surface area contributed by atoms with Crippen molar-refractivity contribution in [3.05, 3.63) is 63.7 Å². The van der Waals surface area contributed by atoms with Gasteiger partial charge < -0.3 is 0 Å². The van der Waals surface area contributed by atoms with Crippen molar-refractivity contribution < 1.29 is 13.3 Å². The molecule has 0 amide bonds. The lowest BCUT2D eigenvalue weighted by molar-refractivity contribution is -0.384. The molecule has 0 saturated heterocycles. The van der Waals surface area contributed by atoms with Crippen LogP contribution in [0.2, 0.25) is 5.02 Å². The number of nitrogens with zero attached hydrogens (tertiary/aromatic N) is 2. The molecule has 0 bridgehead atoms. The van der Waals surface area contributed by atoms with E-state index in [1.165, 1.54) is 25.2 Å². The molecule has 0 N–H and O–H groups in total. The maximum atomic E-state index is 12.4. The van der Waals surface area contributed by atoms with E-state index in [2.05, 4.69) is 0 Å². The molecular weight excluding hydrogens is 316 g/mol. The van der Waals surface area contributed by atoms with E-state index in [0.29, 0.717) is 10.7 Å². The molecule has 2 rings (SSSR count). The zero-order valence-corrected chi connectivity index (χ0v) is 12.5. The van der Waals surface area contributed by atoms with Gasteiger partial charge in [-0.25, -0.2) is 8.42 Å². The van der Waals surface area contributed by atoms with Crippen molar-refractivity contribution in [3.63, 3.8) is 0 Å². The van der Waals surface area contributed by atoms with Crippen molar-refractivity contribution in [2.75, 3.05) is 11.4 Å². The molecule has 0 saturated carbocycles. The molecular formula is C13H11ClN2O4S. The highest BCUT2D eigenvalue weighted by Gasteiger charge is 2.22. The fourth-order valence-corrected chi connectivity index (χ4v) is 3.08. The number of nitro benzene ring substituents is 1. The van der Waals surface area contributed by atoms with E-state index >= 15 is 0 Å². The first-order chi connectivity index (χ1) is 9.82. The van der Waals surface area contributed by atoms with E-state index in [1.807, 2.05) is 0 Å². The molecule has 6 nitrogen and oxygen atoms in total. The molecule has 2 aromatic carbocycles. The maximum Gasteiger partial charge on any atom is 0.269 e. The van der Waals surface area contributed by atoms with Crippen molar-refractivity contribution in [2.45, 2.75) is 4.90 Å². The summed E-state index contributed by atoms with van der Waals surface area (Å²) in [6, 6.07) is 11.1. The summed E-state index contributed by atoms with van der Waals surface area (Å²) in [6.45, 7) is 0. The summed E-state index contributed by atoms with van der Waals surface area (Å²) in [5, 5.41) is 11.0. The van der Waals surface area contributed by atoms with Crippen LogP contribution in [-0.4, -0.2) is 20.4 Å². The van der Waals surface area contributed by atoms with Gasteiger partial charge >= 0.3 is 0 Å². The zero-order valence-electron chi connectivity index (χ0n) is 10.9. The van der Waals surface area contributed by atoms with Crippen LogP contribution < -0.4 is 4.31 Å². The summed E-state index contributed by atoms with van der Waals surface area (Å²) >= 11 is 5.84. The second-order valence-electron chi connectivity index (χ2n) is 4.20. The summed E-state index contributed by atoms with van der Waals surface area (Å²) in [4.78, 5) is 9.97. The van der Waals surface area contributed by atoms with Crippen LogP contribution in [0.4, 0.5) is 11.4 Å². The molecule has 0 fully saturated rings. The van der Waals surface area contributed by atoms with Crippen LogP contribution in [0.3, 0.4) is 0 Å². The predicted octanol–water partition coefficient (Wildman–Crippen LogP) is 3.07. The van der Waals surface area contributed by atoms with E-state index < -0.39 is 14.9 Å². The number of sulfonamides is 1. The summed E-state index contributed by atoms with van der Waals surface area (Å²) < 4.78 is 25.9. The highest BCUT2D eigenvalue weighted by molar-refractivity contribution is 7.92. The molecule has 0 aliphatic rings. The Bertz CT molecular complexity index is 775. The fourth-order valence-electron chi connectivity index (χ4n) is 1.71. The summed E-state index contributed by atoms with van der Waals surface area (Å²) in [5.41, 5.74) is 0.236. The average molecular weight is 327 g/mol. The van der Waals surface area contributed by atoms with Crippen LogP contribution in [-0.2, 0) is 10.0 Å². The molecule has 110 valence electrons. The minimum atomic E-state index is -3.80. The van der Waals surface area contributed by atoms with Gasteiger partial charge in [-0.3, -0.25) is 14.4 Å². The number of non-ortho nitro benzene ring substituents is 1. The molecule has 0 aromatic heterocycles. The third kappa shape index (κ3) is 3.14. The van der Waals surface area contributed by atoms with Gasteiger partial charge in [-0.1, -0.05) is 17.7 Å². The first-order valence-electron chi connectivity index (χ1n) is 5.81. The Balaban J connectivity index is 2.39. The largest absolute Gasteiger partial charge is 0.269 e. The first kappa shape index (κ1) is 15.3. The number of anilines is 1. The van der Waals surface area contributed by atoms with E-state index in [1.54, 1.807) is 18.2 Å². The molecule has 21 heavy (non-hydrogen) atoms. The Morgan fingerprint density at radius 3 is 2.29 bits per heavy atom. The van der Waals surface area contributed by atoms with Gasteiger partial charge in [0.2, 0.25) is 0 Å². The second-order valence-corrected chi connectivity index (χ2v) is 6.61. The number of hydrogen-bond donors (Lipinski definition) is 0. The first-order valence-corrected chi connectivity index (χ1v) is 7.63. The third-order valence-corrected chi connectivity index (χ3v) is 4.91. The molecule has 8 heteroatoms. The maximum absolute atomic E-state index is 12.4. The van der Waals surface area contributed by atoms with E-state index in [4.69, 9.17) is 11.6 Å². The number of nitro groups is 1. The number of hydrogen-bond acceptors (Lipinski definition) is 4. The average Bonchev–Trinajstić information content (AvgIpc) is 2.46. The van der Waals surface area contributed by atoms with Crippen LogP contribution >= 0.6 is 11.6 Å². The standard InChI is InChI=1S/C13H11ClN2O4S/c1-15(12-4-2-3-10(14)9-12)21(19,20)13-7-5-11(6-8-13)16(17)18/h2-9H,1H3. The zero-order chi connectivity index (χ0) is 15.6. The lowest BCUT2D eigenvalue weighted by atomic mass is 10.3. The molecule has 0 aliphatic heterocycles. The Hall–Kier alpha value is -2.12. The summed E-state index contributed by atoms with van der Waals surface area (Å²) in [5.74, 6) is 0. The van der Waals surface area contributed by atoms with Crippen molar-refractivity contribution in [1.82, 2.24) is 0 Å². The number of rotatable bonds is 4. The molecule has 0 spiro atoms. The SMILES string of the molecule is CN(c1cccc(Cl)c1)S(=O)(=O)c1ccc([N+](=O)[O-])cc1. The van der Waals surface area contributed by atoms with Crippen LogP contribution in [0.1, 0.15) is 0 Å². The third-order valence-electron chi connectivity index (χ3n) is 2.88. The minimum absolute atomic E-state index is 0.0319. The predicted molar refractivity (Wildman–Crippen MR) is 80.1 cm³/mol. The number of halogens is 1. The topological polar surface area (TPSA) is 80.5 Å². The Labute approximate surface area is 126 Å². The van der Waals surface area contributed by atoms with Crippen LogP contribution in [0.15, 0.2) is 53.4 Å². The van der Waals surface area contributed by atoms with Crippen molar-refractivity contribution >= 4 is 33.0 Å². The monoisotopic (exact) mass is 326 g/mol. The van der Waals surface area contributed by atoms with Crippen LogP contribution in [0.5, 0.6) is 0 Å². The summed E-state index contributed by atoms with van der Waals surface area (Å²) in [6.07, 6.45) is 0. The lowest BCUT2D eigenvalue weighted by Gasteiger charge is -2.19. The molecule has 0 heterocycles. The highest BCUT2D eigenvalue weighted by atomic mass is 35.5. The molecule has 0 aliphatic carbocycles. The van der Waals surface area contributed by atoms with Gasteiger partial charge in [-0.05, 0) is 30.3 Å². The van der Waals surface area contributed by atoms with E-state index in [9.17, 15) is 18.5 Å². The van der Waals surface area contributed by atoms with Crippen LogP contribution in [0, 0.1) is 10.1 Å². The van der Waals surface area contributed by atoms with E-state index in [-0.39, 0.29) is 10.6 Å². The Kier molecular flexibility index (Phi) is 4.15. The van der Waals surface area contributed by atoms with Gasteiger partial charge in [0.05, 0.1) is 15.5 Å². The molecule has 2 aromatic rings. The summed E-state index contributed by atoms with van der Waals surface area (Å²) in [7, 11) is -2.41. The highest BCUT2D eigenvalue weighted by Crippen LogP contribution is 2.25. The minimum Gasteiger partial charge on any atom is -0.269 e. The van der Waals surface area contributed by atoms with Gasteiger partial charge in [0.15, 0.2) is 0 Å². The normalized spacial score (nSPS) is 11.1. The smallest absolute Gasteiger partial charge is 0.269 e. The van der Waals surface area contributed by atoms with Gasteiger partial charge in [0.25, 0.3) is 15.7 Å². The van der Waals surface area contributed by atoms with Gasteiger partial charge in [-0.15, -0.1) is 0 Å². The molecule has 0 unspecified atom stereocenters.